The number of ether oxygens (including phenoxy) is 2. The van der Waals surface area contributed by atoms with E-state index in [1.165, 1.54) is 0 Å². The first-order chi connectivity index (χ1) is 17.6. The number of carbonyl (C=O) groups is 2. The van der Waals surface area contributed by atoms with Gasteiger partial charge in [-0.2, -0.15) is 0 Å². The zero-order chi connectivity index (χ0) is 25.2. The summed E-state index contributed by atoms with van der Waals surface area (Å²) in [6, 6.07) is 11.7. The number of benzene rings is 1. The molecule has 1 unspecified atom stereocenters. The fourth-order valence-corrected chi connectivity index (χ4v) is 4.65. The summed E-state index contributed by atoms with van der Waals surface area (Å²) in [5, 5.41) is 5.54. The number of amides is 2. The molecule has 1 atom stereocenters. The van der Waals surface area contributed by atoms with Crippen LogP contribution >= 0.6 is 0 Å². The maximum atomic E-state index is 12.5. The van der Waals surface area contributed by atoms with E-state index in [-0.39, 0.29) is 6.04 Å². The average molecular weight is 500 g/mol. The molecular formula is C26H37N5O5. The molecule has 0 bridgehead atoms. The van der Waals surface area contributed by atoms with Crippen molar-refractivity contribution in [3.8, 4) is 5.75 Å². The van der Waals surface area contributed by atoms with Crippen LogP contribution in [0.25, 0.3) is 0 Å². The molecule has 0 radical (unpaired) electrons. The molecule has 196 valence electrons. The molecule has 4 rings (SSSR count). The lowest BCUT2D eigenvalue weighted by Gasteiger charge is -2.39. The highest BCUT2D eigenvalue weighted by Crippen LogP contribution is 2.25. The van der Waals surface area contributed by atoms with Crippen LogP contribution in [0.3, 0.4) is 0 Å². The van der Waals surface area contributed by atoms with Crippen LogP contribution in [0.1, 0.15) is 18.2 Å². The summed E-state index contributed by atoms with van der Waals surface area (Å²) in [5.74, 6) is 0.403. The summed E-state index contributed by atoms with van der Waals surface area (Å²) in [6.07, 6.45) is 2.44. The highest BCUT2D eigenvalue weighted by molar-refractivity contribution is 6.35. The standard InChI is InChI=1S/C26H37N5O5/c1-34-22-7-5-21(6-8-22)30-11-13-31(14-12-30)23(24-4-2-17-36-24)20-28-26(33)25(32)27-9-3-10-29-15-18-35-19-16-29/h2,4-8,17,23H,3,9-16,18-20H2,1H3,(H,27,32)(H,28,33). The van der Waals surface area contributed by atoms with Crippen LogP contribution in [-0.4, -0.2) is 101 Å². The van der Waals surface area contributed by atoms with Gasteiger partial charge in [-0.1, -0.05) is 0 Å². The highest BCUT2D eigenvalue weighted by Gasteiger charge is 2.28. The molecule has 2 fully saturated rings. The van der Waals surface area contributed by atoms with Crippen LogP contribution < -0.4 is 20.3 Å². The van der Waals surface area contributed by atoms with E-state index in [1.807, 2.05) is 24.3 Å². The van der Waals surface area contributed by atoms with Gasteiger partial charge in [0.2, 0.25) is 0 Å². The van der Waals surface area contributed by atoms with E-state index in [2.05, 4.69) is 37.5 Å². The van der Waals surface area contributed by atoms with Crippen molar-refractivity contribution in [1.29, 1.82) is 0 Å². The van der Waals surface area contributed by atoms with E-state index in [4.69, 9.17) is 13.9 Å². The molecule has 2 aliphatic heterocycles. The van der Waals surface area contributed by atoms with E-state index >= 15 is 0 Å². The number of hydrogen-bond acceptors (Lipinski definition) is 8. The molecule has 10 nitrogen and oxygen atoms in total. The summed E-state index contributed by atoms with van der Waals surface area (Å²) < 4.78 is 16.3. The van der Waals surface area contributed by atoms with Gasteiger partial charge in [0.05, 0.1) is 32.6 Å². The molecule has 1 aromatic carbocycles. The van der Waals surface area contributed by atoms with E-state index in [9.17, 15) is 9.59 Å². The fraction of sp³-hybridized carbons (Fsp3) is 0.538. The highest BCUT2D eigenvalue weighted by atomic mass is 16.5. The third kappa shape index (κ3) is 7.22. The Morgan fingerprint density at radius 1 is 0.972 bits per heavy atom. The molecule has 10 heteroatoms. The topological polar surface area (TPSA) is 99.5 Å². The summed E-state index contributed by atoms with van der Waals surface area (Å²) in [4.78, 5) is 31.7. The van der Waals surface area contributed by atoms with Crippen molar-refractivity contribution < 1.29 is 23.5 Å². The van der Waals surface area contributed by atoms with Gasteiger partial charge >= 0.3 is 11.8 Å². The minimum atomic E-state index is -0.616. The van der Waals surface area contributed by atoms with Gasteiger partial charge in [0.15, 0.2) is 0 Å². The first kappa shape index (κ1) is 26.0. The second kappa shape index (κ2) is 13.3. The molecule has 2 N–H and O–H groups in total. The molecule has 36 heavy (non-hydrogen) atoms. The minimum Gasteiger partial charge on any atom is -0.497 e. The van der Waals surface area contributed by atoms with E-state index in [1.54, 1.807) is 13.4 Å². The van der Waals surface area contributed by atoms with Crippen LogP contribution in [0.5, 0.6) is 5.75 Å². The minimum absolute atomic E-state index is 0.143. The lowest BCUT2D eigenvalue weighted by molar-refractivity contribution is -0.139. The van der Waals surface area contributed by atoms with Crippen LogP contribution in [-0.2, 0) is 14.3 Å². The number of rotatable bonds is 10. The number of nitrogens with one attached hydrogen (secondary N) is 2. The Kier molecular flexibility index (Phi) is 9.60. The van der Waals surface area contributed by atoms with E-state index < -0.39 is 11.8 Å². The van der Waals surface area contributed by atoms with Crippen LogP contribution in [0.15, 0.2) is 47.1 Å². The van der Waals surface area contributed by atoms with Crippen molar-refractivity contribution in [2.24, 2.45) is 0 Å². The van der Waals surface area contributed by atoms with Gasteiger partial charge in [0.25, 0.3) is 0 Å². The third-order valence-electron chi connectivity index (χ3n) is 6.77. The summed E-state index contributed by atoms with van der Waals surface area (Å²) in [5.41, 5.74) is 1.16. The van der Waals surface area contributed by atoms with Crippen molar-refractivity contribution in [3.63, 3.8) is 0 Å². The molecule has 2 amide bonds. The van der Waals surface area contributed by atoms with Gasteiger partial charge in [-0.05, 0) is 49.4 Å². The Balaban J connectivity index is 1.23. The van der Waals surface area contributed by atoms with Crippen LogP contribution in [0, 0.1) is 0 Å². The predicted molar refractivity (Wildman–Crippen MR) is 136 cm³/mol. The average Bonchev–Trinajstić information content (AvgIpc) is 3.47. The summed E-state index contributed by atoms with van der Waals surface area (Å²) in [7, 11) is 1.66. The maximum absolute atomic E-state index is 12.5. The Bertz CT molecular complexity index is 938. The molecule has 3 heterocycles. The molecule has 2 saturated heterocycles. The van der Waals surface area contributed by atoms with Crippen LogP contribution in [0.2, 0.25) is 0 Å². The number of carbonyl (C=O) groups excluding carboxylic acids is 2. The molecule has 0 spiro atoms. The fourth-order valence-electron chi connectivity index (χ4n) is 4.65. The lowest BCUT2D eigenvalue weighted by atomic mass is 10.1. The second-order valence-electron chi connectivity index (χ2n) is 9.03. The molecular weight excluding hydrogens is 462 g/mol. The Labute approximate surface area is 212 Å². The molecule has 1 aromatic heterocycles. The SMILES string of the molecule is COc1ccc(N2CCN(C(CNC(=O)C(=O)NCCCN3CCOCC3)c3ccco3)CC2)cc1. The van der Waals surface area contributed by atoms with E-state index in [0.717, 1.165) is 82.6 Å². The van der Waals surface area contributed by atoms with Gasteiger partial charge in [-0.3, -0.25) is 19.4 Å². The number of hydrogen-bond donors (Lipinski definition) is 2. The predicted octanol–water partition coefficient (Wildman–Crippen LogP) is 1.11. The monoisotopic (exact) mass is 499 g/mol. The number of nitrogens with zero attached hydrogens (tertiary/aromatic N) is 3. The normalized spacial score (nSPS) is 18.0. The number of methoxy groups -OCH3 is 1. The first-order valence-electron chi connectivity index (χ1n) is 12.7. The van der Waals surface area contributed by atoms with Gasteiger partial charge in [0.1, 0.15) is 11.5 Å². The molecule has 2 aliphatic rings. The van der Waals surface area contributed by atoms with Crippen molar-refractivity contribution in [3.05, 3.63) is 48.4 Å². The zero-order valence-electron chi connectivity index (χ0n) is 21.0. The van der Waals surface area contributed by atoms with Crippen LogP contribution in [0.4, 0.5) is 5.69 Å². The van der Waals surface area contributed by atoms with Gasteiger partial charge in [-0.25, -0.2) is 0 Å². The Morgan fingerprint density at radius 2 is 1.69 bits per heavy atom. The van der Waals surface area contributed by atoms with Gasteiger partial charge < -0.3 is 29.4 Å². The summed E-state index contributed by atoms with van der Waals surface area (Å²) >= 11 is 0. The zero-order valence-corrected chi connectivity index (χ0v) is 21.0. The van der Waals surface area contributed by atoms with Gasteiger partial charge in [-0.15, -0.1) is 0 Å². The van der Waals surface area contributed by atoms with Crippen molar-refractivity contribution >= 4 is 17.5 Å². The van der Waals surface area contributed by atoms with Crippen molar-refractivity contribution in [1.82, 2.24) is 20.4 Å². The number of furan rings is 1. The molecule has 0 saturated carbocycles. The largest absolute Gasteiger partial charge is 0.497 e. The molecule has 2 aromatic rings. The number of morpholine rings is 1. The lowest BCUT2D eigenvalue weighted by Crippen LogP contribution is -2.50. The smallest absolute Gasteiger partial charge is 0.309 e. The Morgan fingerprint density at radius 3 is 2.36 bits per heavy atom. The third-order valence-corrected chi connectivity index (χ3v) is 6.77. The summed E-state index contributed by atoms with van der Waals surface area (Å²) in [6.45, 7) is 8.30. The van der Waals surface area contributed by atoms with E-state index in [0.29, 0.717) is 13.1 Å². The first-order valence-corrected chi connectivity index (χ1v) is 12.7. The van der Waals surface area contributed by atoms with Crippen molar-refractivity contribution in [2.75, 3.05) is 84.1 Å². The quantitative estimate of drug-likeness (QED) is 0.371. The van der Waals surface area contributed by atoms with Crippen molar-refractivity contribution in [2.45, 2.75) is 12.5 Å². The Hall–Kier alpha value is -3.08. The van der Waals surface area contributed by atoms with Gasteiger partial charge in [0, 0.05) is 58.0 Å². The number of anilines is 1. The second-order valence-corrected chi connectivity index (χ2v) is 9.03. The molecule has 0 aliphatic carbocycles. The number of piperazine rings is 1. The maximum Gasteiger partial charge on any atom is 0.309 e.